The van der Waals surface area contributed by atoms with E-state index in [-0.39, 0.29) is 28.6 Å². The Balaban J connectivity index is 1.56. The zero-order valence-corrected chi connectivity index (χ0v) is 17.6. The molecule has 1 spiro atoms. The molecule has 3 amide bonds. The maximum absolute atomic E-state index is 13.8. The number of carbonyl (C=O) groups is 3. The number of rotatable bonds is 1. The van der Waals surface area contributed by atoms with Crippen LogP contribution in [-0.2, 0) is 19.9 Å². The van der Waals surface area contributed by atoms with Gasteiger partial charge in [-0.2, -0.15) is 0 Å². The summed E-state index contributed by atoms with van der Waals surface area (Å²) in [4.78, 5) is 43.9. The van der Waals surface area contributed by atoms with Crippen molar-refractivity contribution in [1.29, 1.82) is 0 Å². The Morgan fingerprint density at radius 1 is 1.06 bits per heavy atom. The number of hydrogen-bond donors (Lipinski definition) is 1. The first-order valence-electron chi connectivity index (χ1n) is 10.1. The molecule has 4 heterocycles. The van der Waals surface area contributed by atoms with Crippen molar-refractivity contribution in [2.75, 3.05) is 16.8 Å². The number of hydrogen-bond acceptors (Lipinski definition) is 4. The molecular weight excluding hydrogens is 444 g/mol. The first-order chi connectivity index (χ1) is 14.9. The molecule has 0 saturated carbocycles. The summed E-state index contributed by atoms with van der Waals surface area (Å²) in [5.74, 6) is -3.38. The van der Waals surface area contributed by atoms with Gasteiger partial charge in [-0.15, -0.1) is 0 Å². The van der Waals surface area contributed by atoms with E-state index in [2.05, 4.69) is 5.32 Å². The van der Waals surface area contributed by atoms with E-state index < -0.39 is 29.1 Å². The van der Waals surface area contributed by atoms with E-state index in [0.29, 0.717) is 29.2 Å². The highest BCUT2D eigenvalue weighted by Gasteiger charge is 2.74. The fraction of sp³-hybridized carbons (Fsp3) is 0.318. The van der Waals surface area contributed by atoms with Crippen molar-refractivity contribution in [2.45, 2.75) is 24.4 Å². The minimum atomic E-state index is -1.29. The Bertz CT molecular complexity index is 1200. The SMILES string of the molecule is O=C1[C@H]2[C@@H](C(=O)N1c1ccc(F)c(Cl)c1)[C@@]1(C(=O)Nc3ccc(Cl)cc31)N1CCC[C@@H]21. The van der Waals surface area contributed by atoms with Gasteiger partial charge in [-0.25, -0.2) is 9.29 Å². The van der Waals surface area contributed by atoms with Crippen LogP contribution in [0.5, 0.6) is 0 Å². The molecule has 3 fully saturated rings. The average Bonchev–Trinajstić information content (AvgIpc) is 3.43. The van der Waals surface area contributed by atoms with Crippen molar-refractivity contribution in [3.8, 4) is 0 Å². The molecule has 4 aliphatic heterocycles. The minimum absolute atomic E-state index is 0.178. The number of carbonyl (C=O) groups excluding carboxylic acids is 3. The molecular formula is C22H16Cl2FN3O3. The van der Waals surface area contributed by atoms with E-state index >= 15 is 0 Å². The molecule has 4 aliphatic rings. The Labute approximate surface area is 186 Å². The first kappa shape index (κ1) is 19.2. The minimum Gasteiger partial charge on any atom is -0.324 e. The van der Waals surface area contributed by atoms with Crippen LogP contribution in [0.25, 0.3) is 0 Å². The second-order valence-electron chi connectivity index (χ2n) is 8.43. The Hall–Kier alpha value is -2.48. The number of halogens is 3. The lowest BCUT2D eigenvalue weighted by Gasteiger charge is -2.36. The van der Waals surface area contributed by atoms with E-state index in [0.717, 1.165) is 17.4 Å². The molecule has 4 atom stereocenters. The van der Waals surface area contributed by atoms with Gasteiger partial charge in [-0.1, -0.05) is 23.2 Å². The van der Waals surface area contributed by atoms with Crippen molar-refractivity contribution in [2.24, 2.45) is 11.8 Å². The van der Waals surface area contributed by atoms with Crippen LogP contribution in [0.4, 0.5) is 15.8 Å². The molecule has 158 valence electrons. The van der Waals surface area contributed by atoms with E-state index in [1.54, 1.807) is 18.2 Å². The fourth-order valence-corrected chi connectivity index (χ4v) is 6.40. The second kappa shape index (κ2) is 6.28. The maximum Gasteiger partial charge on any atom is 0.250 e. The molecule has 31 heavy (non-hydrogen) atoms. The predicted octanol–water partition coefficient (Wildman–Crippen LogP) is 3.56. The zero-order valence-electron chi connectivity index (χ0n) is 16.1. The highest BCUT2D eigenvalue weighted by molar-refractivity contribution is 6.32. The van der Waals surface area contributed by atoms with Crippen molar-refractivity contribution in [3.63, 3.8) is 0 Å². The topological polar surface area (TPSA) is 69.7 Å². The van der Waals surface area contributed by atoms with Crippen LogP contribution in [0.2, 0.25) is 10.0 Å². The van der Waals surface area contributed by atoms with Gasteiger partial charge in [0.15, 0.2) is 0 Å². The van der Waals surface area contributed by atoms with Gasteiger partial charge in [0.25, 0.3) is 0 Å². The Morgan fingerprint density at radius 3 is 2.65 bits per heavy atom. The van der Waals surface area contributed by atoms with E-state index in [1.807, 2.05) is 4.90 Å². The van der Waals surface area contributed by atoms with Gasteiger partial charge >= 0.3 is 0 Å². The lowest BCUT2D eigenvalue weighted by Crippen LogP contribution is -2.54. The van der Waals surface area contributed by atoms with Crippen molar-refractivity contribution >= 4 is 52.3 Å². The predicted molar refractivity (Wildman–Crippen MR) is 112 cm³/mol. The molecule has 2 aromatic carbocycles. The normalized spacial score (nSPS) is 31.4. The molecule has 3 saturated heterocycles. The molecule has 9 heteroatoms. The van der Waals surface area contributed by atoms with Crippen molar-refractivity contribution < 1.29 is 18.8 Å². The summed E-state index contributed by atoms with van der Waals surface area (Å²) >= 11 is 12.2. The molecule has 0 radical (unpaired) electrons. The number of fused-ring (bicyclic) bond motifs is 7. The highest BCUT2D eigenvalue weighted by atomic mass is 35.5. The van der Waals surface area contributed by atoms with Gasteiger partial charge in [-0.05, 0) is 55.8 Å². The lowest BCUT2D eigenvalue weighted by atomic mass is 9.75. The number of imide groups is 1. The zero-order chi connectivity index (χ0) is 21.7. The molecule has 2 aromatic rings. The number of nitrogens with zero attached hydrogens (tertiary/aromatic N) is 2. The largest absolute Gasteiger partial charge is 0.324 e. The van der Waals surface area contributed by atoms with Gasteiger partial charge in [-0.3, -0.25) is 19.3 Å². The molecule has 0 bridgehead atoms. The fourth-order valence-electron chi connectivity index (χ4n) is 6.05. The first-order valence-corrected chi connectivity index (χ1v) is 10.8. The van der Waals surface area contributed by atoms with Gasteiger partial charge in [0.2, 0.25) is 17.7 Å². The third kappa shape index (κ3) is 2.24. The van der Waals surface area contributed by atoms with Crippen LogP contribution in [-0.4, -0.2) is 35.2 Å². The van der Waals surface area contributed by atoms with Crippen LogP contribution >= 0.6 is 23.2 Å². The van der Waals surface area contributed by atoms with Gasteiger partial charge in [0, 0.05) is 22.3 Å². The highest BCUT2D eigenvalue weighted by Crippen LogP contribution is 2.60. The van der Waals surface area contributed by atoms with Gasteiger partial charge in [0.1, 0.15) is 11.4 Å². The summed E-state index contributed by atoms with van der Waals surface area (Å²) < 4.78 is 13.7. The van der Waals surface area contributed by atoms with Gasteiger partial charge < -0.3 is 5.32 Å². The summed E-state index contributed by atoms with van der Waals surface area (Å²) in [5, 5.41) is 3.17. The van der Waals surface area contributed by atoms with E-state index in [9.17, 15) is 18.8 Å². The van der Waals surface area contributed by atoms with Crippen LogP contribution < -0.4 is 10.2 Å². The number of nitrogens with one attached hydrogen (secondary N) is 1. The lowest BCUT2D eigenvalue weighted by molar-refractivity contribution is -0.135. The van der Waals surface area contributed by atoms with Crippen LogP contribution in [0.15, 0.2) is 36.4 Å². The molecule has 0 aromatic heterocycles. The molecule has 6 rings (SSSR count). The monoisotopic (exact) mass is 459 g/mol. The molecule has 0 unspecified atom stereocenters. The molecule has 0 aliphatic carbocycles. The Morgan fingerprint density at radius 2 is 1.87 bits per heavy atom. The van der Waals surface area contributed by atoms with Crippen LogP contribution in [0.3, 0.4) is 0 Å². The third-order valence-electron chi connectivity index (χ3n) is 7.12. The van der Waals surface area contributed by atoms with Crippen molar-refractivity contribution in [1.82, 2.24) is 4.90 Å². The average molecular weight is 460 g/mol. The second-order valence-corrected chi connectivity index (χ2v) is 9.27. The standard InChI is InChI=1S/C22H16Cl2FN3O3/c23-10-3-6-15-12(8-10)22(21(31)26-15)18-17(16-2-1-7-27(16)22)19(29)28(20(18)30)11-4-5-14(25)13(24)9-11/h3-6,8-9,16-18H,1-2,7H2,(H,26,31)/t16-,17+,18-,22-/m0/s1. The summed E-state index contributed by atoms with van der Waals surface area (Å²) in [5.41, 5.74) is 0.145. The maximum atomic E-state index is 13.8. The third-order valence-corrected chi connectivity index (χ3v) is 7.64. The summed E-state index contributed by atoms with van der Waals surface area (Å²) in [7, 11) is 0. The number of benzene rings is 2. The van der Waals surface area contributed by atoms with Crippen molar-refractivity contribution in [3.05, 3.63) is 57.8 Å². The van der Waals surface area contributed by atoms with E-state index in [4.69, 9.17) is 23.2 Å². The Kier molecular flexibility index (Phi) is 3.89. The number of anilines is 2. The van der Waals surface area contributed by atoms with Gasteiger partial charge in [0.05, 0.1) is 22.5 Å². The van der Waals surface area contributed by atoms with Crippen LogP contribution in [0, 0.1) is 17.7 Å². The van der Waals surface area contributed by atoms with Crippen LogP contribution in [0.1, 0.15) is 18.4 Å². The number of amides is 3. The smallest absolute Gasteiger partial charge is 0.250 e. The summed E-state index contributed by atoms with van der Waals surface area (Å²) in [6, 6.07) is 8.63. The quantitative estimate of drug-likeness (QED) is 0.661. The van der Waals surface area contributed by atoms with E-state index in [1.165, 1.54) is 12.1 Å². The molecule has 6 nitrogen and oxygen atoms in total. The summed E-state index contributed by atoms with van der Waals surface area (Å²) in [6.45, 7) is 0.611. The summed E-state index contributed by atoms with van der Waals surface area (Å²) in [6.07, 6.45) is 1.53. The molecule has 1 N–H and O–H groups in total.